The lowest BCUT2D eigenvalue weighted by Gasteiger charge is -2.32. The zero-order valence-corrected chi connectivity index (χ0v) is 19.3. The second-order valence-electron chi connectivity index (χ2n) is 8.18. The van der Waals surface area contributed by atoms with E-state index in [1.807, 2.05) is 52.0 Å². The van der Waals surface area contributed by atoms with Crippen LogP contribution in [0.5, 0.6) is 5.75 Å². The molecule has 0 unspecified atom stereocenters. The third kappa shape index (κ3) is 9.06. The number of aliphatic hydroxyl groups is 1. The van der Waals surface area contributed by atoms with Crippen molar-refractivity contribution in [3.8, 4) is 5.75 Å². The summed E-state index contributed by atoms with van der Waals surface area (Å²) >= 11 is 0. The lowest BCUT2D eigenvalue weighted by Crippen LogP contribution is -2.41. The molecule has 0 spiro atoms. The highest BCUT2D eigenvalue weighted by atomic mass is 16.7. The van der Waals surface area contributed by atoms with Crippen LogP contribution in [0.1, 0.15) is 27.7 Å². The van der Waals surface area contributed by atoms with Crippen LogP contribution in [0.2, 0.25) is 0 Å². The molecule has 0 atom stereocenters. The van der Waals surface area contributed by atoms with Gasteiger partial charge in [-0.15, -0.1) is 0 Å². The van der Waals surface area contributed by atoms with E-state index < -0.39 is 0 Å². The van der Waals surface area contributed by atoms with Crippen molar-refractivity contribution in [2.75, 3.05) is 66.1 Å². The van der Waals surface area contributed by atoms with E-state index in [1.54, 1.807) is 0 Å². The largest absolute Gasteiger partial charge is 0.494 e. The second kappa shape index (κ2) is 13.4. The van der Waals surface area contributed by atoms with E-state index in [1.165, 1.54) is 0 Å². The first-order chi connectivity index (χ1) is 14.9. The molecule has 1 aromatic carbocycles. The third-order valence-electron chi connectivity index (χ3n) is 5.25. The van der Waals surface area contributed by atoms with E-state index in [0.717, 1.165) is 11.2 Å². The van der Waals surface area contributed by atoms with Gasteiger partial charge in [0, 0.05) is 0 Å². The molecule has 0 saturated carbocycles. The number of benzene rings is 1. The normalized spacial score (nSPS) is 17.3. The summed E-state index contributed by atoms with van der Waals surface area (Å²) in [6.45, 7) is 12.5. The highest BCUT2D eigenvalue weighted by Gasteiger charge is 2.51. The topological polar surface area (TPSA) is 84.8 Å². The highest BCUT2D eigenvalue weighted by molar-refractivity contribution is 6.62. The van der Waals surface area contributed by atoms with Crippen LogP contribution in [-0.4, -0.2) is 89.5 Å². The molecule has 1 N–H and O–H groups in total. The van der Waals surface area contributed by atoms with Gasteiger partial charge in [-0.2, -0.15) is 0 Å². The summed E-state index contributed by atoms with van der Waals surface area (Å²) in [5.41, 5.74) is 0.272. The molecule has 1 saturated heterocycles. The molecule has 9 heteroatoms. The maximum atomic E-state index is 8.56. The summed E-state index contributed by atoms with van der Waals surface area (Å²) in [6, 6.07) is 7.76. The second-order valence-corrected chi connectivity index (χ2v) is 8.18. The Morgan fingerprint density at radius 1 is 0.677 bits per heavy atom. The predicted octanol–water partition coefficient (Wildman–Crippen LogP) is 1.42. The van der Waals surface area contributed by atoms with Gasteiger partial charge in [0.1, 0.15) is 12.4 Å². The van der Waals surface area contributed by atoms with Crippen LogP contribution >= 0.6 is 0 Å². The molecule has 0 aliphatic carbocycles. The molecule has 0 radical (unpaired) electrons. The molecular formula is C22H37BO8. The summed E-state index contributed by atoms with van der Waals surface area (Å²) in [5, 5.41) is 8.56. The van der Waals surface area contributed by atoms with Crippen LogP contribution in [0, 0.1) is 0 Å². The predicted molar refractivity (Wildman–Crippen MR) is 118 cm³/mol. The van der Waals surface area contributed by atoms with Gasteiger partial charge >= 0.3 is 7.12 Å². The summed E-state index contributed by atoms with van der Waals surface area (Å²) in [5.74, 6) is 0.778. The molecule has 1 heterocycles. The fourth-order valence-corrected chi connectivity index (χ4v) is 2.75. The van der Waals surface area contributed by atoms with Crippen molar-refractivity contribution in [3.63, 3.8) is 0 Å². The van der Waals surface area contributed by atoms with Gasteiger partial charge in [-0.25, -0.2) is 0 Å². The number of hydrogen-bond donors (Lipinski definition) is 1. The quantitative estimate of drug-likeness (QED) is 0.305. The van der Waals surface area contributed by atoms with E-state index in [-0.39, 0.29) is 24.9 Å². The molecule has 0 aromatic heterocycles. The van der Waals surface area contributed by atoms with Gasteiger partial charge < -0.3 is 38.1 Å². The molecule has 31 heavy (non-hydrogen) atoms. The van der Waals surface area contributed by atoms with Crippen molar-refractivity contribution in [1.29, 1.82) is 0 Å². The third-order valence-corrected chi connectivity index (χ3v) is 5.25. The molecule has 1 fully saturated rings. The Hall–Kier alpha value is -1.20. The lowest BCUT2D eigenvalue weighted by atomic mass is 9.79. The summed E-state index contributed by atoms with van der Waals surface area (Å²) in [7, 11) is -0.368. The van der Waals surface area contributed by atoms with Crippen LogP contribution in [-0.2, 0) is 28.3 Å². The molecule has 176 valence electrons. The first-order valence-corrected chi connectivity index (χ1v) is 10.9. The molecular weight excluding hydrogens is 403 g/mol. The zero-order valence-electron chi connectivity index (χ0n) is 19.3. The van der Waals surface area contributed by atoms with Gasteiger partial charge in [0.05, 0.1) is 70.7 Å². The minimum atomic E-state index is -0.368. The summed E-state index contributed by atoms with van der Waals surface area (Å²) < 4.78 is 39.2. The van der Waals surface area contributed by atoms with Crippen LogP contribution in [0.3, 0.4) is 0 Å². The minimum absolute atomic E-state index is 0.0307. The van der Waals surface area contributed by atoms with Gasteiger partial charge in [-0.05, 0) is 45.3 Å². The van der Waals surface area contributed by atoms with Crippen molar-refractivity contribution in [3.05, 3.63) is 24.3 Å². The van der Waals surface area contributed by atoms with Crippen LogP contribution in [0.15, 0.2) is 24.3 Å². The SMILES string of the molecule is CC1(C)OB(c2ccc(OCCOCCOCCOCCOCCO)cc2)OC1(C)C. The summed E-state index contributed by atoms with van der Waals surface area (Å²) in [6.07, 6.45) is 0. The van der Waals surface area contributed by atoms with Crippen molar-refractivity contribution in [1.82, 2.24) is 0 Å². The Bertz CT molecular complexity index is 592. The van der Waals surface area contributed by atoms with Crippen molar-refractivity contribution >= 4 is 12.6 Å². The minimum Gasteiger partial charge on any atom is -0.491 e. The van der Waals surface area contributed by atoms with Gasteiger partial charge in [-0.3, -0.25) is 0 Å². The fourth-order valence-electron chi connectivity index (χ4n) is 2.75. The first-order valence-electron chi connectivity index (χ1n) is 10.9. The van der Waals surface area contributed by atoms with E-state index in [2.05, 4.69) is 0 Å². The van der Waals surface area contributed by atoms with Crippen LogP contribution in [0.4, 0.5) is 0 Å². The Morgan fingerprint density at radius 3 is 1.55 bits per heavy atom. The smallest absolute Gasteiger partial charge is 0.491 e. The number of ether oxygens (including phenoxy) is 5. The highest BCUT2D eigenvalue weighted by Crippen LogP contribution is 2.36. The standard InChI is InChI=1S/C22H37BO8/c1-21(2)22(3,4)31-23(30-21)19-5-7-20(8-6-19)29-18-17-28-16-15-27-14-13-26-12-11-25-10-9-24/h5-8,24H,9-18H2,1-4H3. The van der Waals surface area contributed by atoms with E-state index >= 15 is 0 Å². The molecule has 0 amide bonds. The number of hydrogen-bond acceptors (Lipinski definition) is 8. The monoisotopic (exact) mass is 440 g/mol. The molecule has 1 aromatic rings. The number of aliphatic hydroxyl groups excluding tert-OH is 1. The van der Waals surface area contributed by atoms with Gasteiger partial charge in [-0.1, -0.05) is 12.1 Å². The molecule has 0 bridgehead atoms. The fraction of sp³-hybridized carbons (Fsp3) is 0.727. The maximum absolute atomic E-state index is 8.56. The van der Waals surface area contributed by atoms with Gasteiger partial charge in [0.2, 0.25) is 0 Å². The Morgan fingerprint density at radius 2 is 1.10 bits per heavy atom. The maximum Gasteiger partial charge on any atom is 0.494 e. The molecule has 2 rings (SSSR count). The van der Waals surface area contributed by atoms with Crippen LogP contribution < -0.4 is 10.2 Å². The first kappa shape index (κ1) is 26.1. The van der Waals surface area contributed by atoms with Crippen LogP contribution in [0.25, 0.3) is 0 Å². The van der Waals surface area contributed by atoms with E-state index in [4.69, 9.17) is 38.1 Å². The van der Waals surface area contributed by atoms with Crippen molar-refractivity contribution in [2.24, 2.45) is 0 Å². The average molecular weight is 440 g/mol. The molecule has 1 aliphatic rings. The number of rotatable bonds is 16. The van der Waals surface area contributed by atoms with E-state index in [0.29, 0.717) is 59.5 Å². The van der Waals surface area contributed by atoms with E-state index in [9.17, 15) is 0 Å². The summed E-state index contributed by atoms with van der Waals surface area (Å²) in [4.78, 5) is 0. The lowest BCUT2D eigenvalue weighted by molar-refractivity contribution is -0.00779. The molecule has 1 aliphatic heterocycles. The van der Waals surface area contributed by atoms with Crippen molar-refractivity contribution in [2.45, 2.75) is 38.9 Å². The average Bonchev–Trinajstić information content (AvgIpc) is 2.96. The Kier molecular flexibility index (Phi) is 11.2. The van der Waals surface area contributed by atoms with Gasteiger partial charge in [0.25, 0.3) is 0 Å². The van der Waals surface area contributed by atoms with Crippen molar-refractivity contribution < 1.29 is 38.1 Å². The Labute approximate surface area is 186 Å². The Balaban J connectivity index is 1.48. The zero-order chi connectivity index (χ0) is 22.6. The molecule has 8 nitrogen and oxygen atoms in total. The van der Waals surface area contributed by atoms with Gasteiger partial charge in [0.15, 0.2) is 0 Å².